The van der Waals surface area contributed by atoms with Gasteiger partial charge in [0.2, 0.25) is 0 Å². The lowest BCUT2D eigenvalue weighted by Gasteiger charge is -2.32. The minimum absolute atomic E-state index is 0.0608. The van der Waals surface area contributed by atoms with E-state index in [9.17, 15) is 24.0 Å². The highest BCUT2D eigenvalue weighted by Crippen LogP contribution is 2.30. The zero-order valence-electron chi connectivity index (χ0n) is 25.5. The number of benzene rings is 1. The van der Waals surface area contributed by atoms with Gasteiger partial charge in [0, 0.05) is 28.9 Å². The number of amides is 1. The Morgan fingerprint density at radius 3 is 2.42 bits per heavy atom. The molecule has 1 saturated heterocycles. The van der Waals surface area contributed by atoms with Crippen molar-refractivity contribution in [3.8, 4) is 0 Å². The van der Waals surface area contributed by atoms with Gasteiger partial charge >= 0.3 is 0 Å². The topological polar surface area (TPSA) is 147 Å². The highest BCUT2D eigenvalue weighted by atomic mass is 35.5. The average Bonchev–Trinajstić information content (AvgIpc) is 3.67. The Balaban J connectivity index is 1.57. The number of rotatable bonds is 14. The van der Waals surface area contributed by atoms with Gasteiger partial charge in [0.25, 0.3) is 5.91 Å². The smallest absolute Gasteiger partial charge is 0.287 e. The van der Waals surface area contributed by atoms with Gasteiger partial charge < -0.3 is 25.7 Å². The Kier molecular flexibility index (Phi) is 12.1. The fourth-order valence-electron chi connectivity index (χ4n) is 6.27. The lowest BCUT2D eigenvalue weighted by Crippen LogP contribution is -2.49. The van der Waals surface area contributed by atoms with Crippen molar-refractivity contribution in [2.24, 2.45) is 17.8 Å². The van der Waals surface area contributed by atoms with Crippen LogP contribution in [0.5, 0.6) is 0 Å². The van der Waals surface area contributed by atoms with Gasteiger partial charge in [-0.25, -0.2) is 19.2 Å². The Labute approximate surface area is 267 Å². The van der Waals surface area contributed by atoms with Crippen LogP contribution in [0.25, 0.3) is 11.0 Å². The van der Waals surface area contributed by atoms with E-state index in [0.717, 1.165) is 32.1 Å². The number of nitrogens with one attached hydrogen (secondary N) is 4. The maximum Gasteiger partial charge on any atom is 0.287 e. The molecule has 2 fully saturated rings. The predicted octanol–water partition coefficient (Wildman–Crippen LogP) is 4.26. The SMILES string of the molecule is CC(C)C(NC(=O)c1cc2cc(Cl)ccc2o1)C(=C=O)NC(CC1CCCCC1)C(=C=O)NC(C=C=O)C[C@@H]1CCNC1=C=O. The minimum Gasteiger partial charge on any atom is -0.451 e. The van der Waals surface area contributed by atoms with Crippen molar-refractivity contribution in [3.05, 3.63) is 58.2 Å². The Morgan fingerprint density at radius 1 is 1.00 bits per heavy atom. The molecule has 1 aromatic carbocycles. The molecule has 3 unspecified atom stereocenters. The molecule has 2 aromatic rings. The van der Waals surface area contributed by atoms with Crippen molar-refractivity contribution < 1.29 is 28.4 Å². The second-order valence-corrected chi connectivity index (χ2v) is 12.6. The van der Waals surface area contributed by atoms with Crippen molar-refractivity contribution >= 4 is 52.2 Å². The zero-order chi connectivity index (χ0) is 32.3. The monoisotopic (exact) mass is 634 g/mol. The third-order valence-corrected chi connectivity index (χ3v) is 8.87. The van der Waals surface area contributed by atoms with Gasteiger partial charge in [-0.2, -0.15) is 0 Å². The third-order valence-electron chi connectivity index (χ3n) is 8.63. The number of hydrogen-bond acceptors (Lipinski definition) is 9. The lowest BCUT2D eigenvalue weighted by molar-refractivity contribution is 0.0906. The van der Waals surface area contributed by atoms with Crippen molar-refractivity contribution in [1.82, 2.24) is 21.3 Å². The van der Waals surface area contributed by atoms with Crippen LogP contribution in [0.2, 0.25) is 5.02 Å². The molecule has 0 bridgehead atoms. The molecule has 1 amide bonds. The van der Waals surface area contributed by atoms with E-state index in [4.69, 9.17) is 16.0 Å². The molecule has 1 saturated carbocycles. The number of halogens is 1. The first-order valence-electron chi connectivity index (χ1n) is 15.5. The first-order valence-corrected chi connectivity index (χ1v) is 15.9. The van der Waals surface area contributed by atoms with Gasteiger partial charge in [-0.15, -0.1) is 0 Å². The molecular weight excluding hydrogens is 596 g/mol. The minimum atomic E-state index is -0.788. The highest BCUT2D eigenvalue weighted by Gasteiger charge is 2.31. The fourth-order valence-corrected chi connectivity index (χ4v) is 6.45. The summed E-state index contributed by atoms with van der Waals surface area (Å²) in [5.74, 6) is 7.11. The van der Waals surface area contributed by atoms with E-state index in [-0.39, 0.29) is 34.9 Å². The summed E-state index contributed by atoms with van der Waals surface area (Å²) in [7, 11) is 0. The van der Waals surface area contributed by atoms with E-state index < -0.39 is 24.0 Å². The Bertz CT molecular complexity index is 1570. The molecule has 4 N–H and O–H groups in total. The molecule has 0 radical (unpaired) electrons. The summed E-state index contributed by atoms with van der Waals surface area (Å²) in [5, 5.41) is 13.4. The number of furan rings is 1. The van der Waals surface area contributed by atoms with Crippen LogP contribution in [0.15, 0.2) is 51.8 Å². The summed E-state index contributed by atoms with van der Waals surface area (Å²) < 4.78 is 5.72. The summed E-state index contributed by atoms with van der Waals surface area (Å²) in [6.45, 7) is 4.32. The highest BCUT2D eigenvalue weighted by molar-refractivity contribution is 6.31. The summed E-state index contributed by atoms with van der Waals surface area (Å²) in [5.41, 5.74) is 1.14. The molecule has 238 valence electrons. The molecule has 2 aliphatic rings. The third kappa shape index (κ3) is 8.89. The number of fused-ring (bicyclic) bond motifs is 1. The molecule has 0 spiro atoms. The fraction of sp³-hybridized carbons (Fsp3) is 0.500. The molecule has 4 atom stereocenters. The summed E-state index contributed by atoms with van der Waals surface area (Å²) in [4.78, 5) is 61.0. The number of hydrogen-bond donors (Lipinski definition) is 4. The first kappa shape index (κ1) is 33.6. The van der Waals surface area contributed by atoms with Crippen LogP contribution in [0.3, 0.4) is 0 Å². The normalized spacial score (nSPS) is 18.4. The van der Waals surface area contributed by atoms with Gasteiger partial charge in [0.05, 0.1) is 23.8 Å². The average molecular weight is 635 g/mol. The summed E-state index contributed by atoms with van der Waals surface area (Å²) >= 11 is 6.08. The van der Waals surface area contributed by atoms with Gasteiger partial charge in [-0.3, -0.25) is 4.79 Å². The van der Waals surface area contributed by atoms with E-state index in [1.165, 1.54) is 6.08 Å². The van der Waals surface area contributed by atoms with E-state index in [1.54, 1.807) is 30.2 Å². The zero-order valence-corrected chi connectivity index (χ0v) is 26.3. The van der Waals surface area contributed by atoms with Crippen LogP contribution in [-0.4, -0.2) is 54.3 Å². The molecule has 4 rings (SSSR count). The molecular formula is C34H39ClN4O6. The molecule has 1 aromatic heterocycles. The maximum atomic E-state index is 13.3. The Hall–Kier alpha value is -4.28. The maximum absolute atomic E-state index is 13.3. The number of carbonyl (C=O) groups is 1. The van der Waals surface area contributed by atoms with Crippen molar-refractivity contribution in [2.45, 2.75) is 83.3 Å². The van der Waals surface area contributed by atoms with Gasteiger partial charge in [0.1, 0.15) is 40.7 Å². The van der Waals surface area contributed by atoms with E-state index >= 15 is 0 Å². The van der Waals surface area contributed by atoms with Crippen molar-refractivity contribution in [3.63, 3.8) is 0 Å². The van der Waals surface area contributed by atoms with E-state index in [1.807, 2.05) is 31.7 Å². The van der Waals surface area contributed by atoms with Gasteiger partial charge in [0.15, 0.2) is 5.76 Å². The number of allylic oxidation sites excluding steroid dienone is 1. The Morgan fingerprint density at radius 2 is 1.76 bits per heavy atom. The van der Waals surface area contributed by atoms with Crippen LogP contribution in [0.1, 0.15) is 75.8 Å². The quantitative estimate of drug-likeness (QED) is 0.224. The van der Waals surface area contributed by atoms with Gasteiger partial charge in [-0.05, 0) is 55.4 Å². The molecule has 10 nitrogen and oxygen atoms in total. The van der Waals surface area contributed by atoms with Crippen LogP contribution < -0.4 is 21.3 Å². The van der Waals surface area contributed by atoms with Crippen LogP contribution in [-0.2, 0) is 19.2 Å². The van der Waals surface area contributed by atoms with Gasteiger partial charge in [-0.1, -0.05) is 57.6 Å². The second kappa shape index (κ2) is 16.2. The first-order chi connectivity index (χ1) is 21.8. The van der Waals surface area contributed by atoms with Crippen molar-refractivity contribution in [1.29, 1.82) is 0 Å². The molecule has 1 aliphatic carbocycles. The van der Waals surface area contributed by atoms with E-state index in [2.05, 4.69) is 21.3 Å². The lowest BCUT2D eigenvalue weighted by atomic mass is 9.84. The summed E-state index contributed by atoms with van der Waals surface area (Å²) in [6, 6.07) is 4.53. The van der Waals surface area contributed by atoms with Crippen molar-refractivity contribution in [2.75, 3.05) is 6.54 Å². The van der Waals surface area contributed by atoms with E-state index in [0.29, 0.717) is 47.5 Å². The van der Waals surface area contributed by atoms with Crippen LogP contribution in [0, 0.1) is 17.8 Å². The largest absolute Gasteiger partial charge is 0.451 e. The summed E-state index contributed by atoms with van der Waals surface area (Å²) in [6.07, 6.45) is 8.09. The van der Waals surface area contributed by atoms with Crippen LogP contribution >= 0.6 is 11.6 Å². The molecule has 2 heterocycles. The predicted molar refractivity (Wildman–Crippen MR) is 171 cm³/mol. The number of carbonyl (C=O) groups excluding carboxylic acids is 5. The van der Waals surface area contributed by atoms with Crippen LogP contribution in [0.4, 0.5) is 0 Å². The molecule has 1 aliphatic heterocycles. The standard InChI is InChI=1S/C34H39ClN4O6/c1-21(2)33(39-34(44)32-17-24-15-25(35)8-9-31(24)45-32)30(20-43)38-27(14-22-6-4-3-5-7-22)29(19-42)37-26(11-13-40)16-23-10-12-36-28(23)18-41/h8-9,11,15,17,21-23,26-27,33,36-38H,3-7,10,12,14,16H2,1-2H3,(H,39,44)/t23-,26?,27?,33?/m0/s1. The molecule has 45 heavy (non-hydrogen) atoms. The second-order valence-electron chi connectivity index (χ2n) is 12.2. The molecule has 11 heteroatoms.